The van der Waals surface area contributed by atoms with Gasteiger partial charge in [-0.1, -0.05) is 12.1 Å². The van der Waals surface area contributed by atoms with Gasteiger partial charge in [-0.15, -0.1) is 0 Å². The number of hydrogen-bond donors (Lipinski definition) is 1. The molecule has 2 nitrogen and oxygen atoms in total. The van der Waals surface area contributed by atoms with Crippen molar-refractivity contribution in [1.82, 2.24) is 5.32 Å². The normalized spacial score (nSPS) is 18.0. The Morgan fingerprint density at radius 3 is 2.75 bits per heavy atom. The van der Waals surface area contributed by atoms with Crippen molar-refractivity contribution in [2.75, 3.05) is 6.54 Å². The molecule has 0 aromatic heterocycles. The first-order valence-corrected chi connectivity index (χ1v) is 7.08. The summed E-state index contributed by atoms with van der Waals surface area (Å²) in [6.45, 7) is 1.61. The molecule has 0 amide bonds. The summed E-state index contributed by atoms with van der Waals surface area (Å²) in [5, 5.41) is 3.22. The predicted octanol–water partition coefficient (Wildman–Crippen LogP) is 2.77. The molecule has 0 saturated carbocycles. The second-order valence-corrected chi connectivity index (χ2v) is 8.08. The summed E-state index contributed by atoms with van der Waals surface area (Å²) >= 11 is 15.4. The SMILES string of the molecule is [O-][S+](c1cccc2c1CNCC2)C(Cl)(Cl)Cl. The van der Waals surface area contributed by atoms with E-state index in [4.69, 9.17) is 34.8 Å². The first-order chi connectivity index (χ1) is 7.50. The molecule has 0 bridgehead atoms. The summed E-state index contributed by atoms with van der Waals surface area (Å²) in [4.78, 5) is 0.615. The second kappa shape index (κ2) is 4.92. The average molecular weight is 299 g/mol. The summed E-state index contributed by atoms with van der Waals surface area (Å²) < 4.78 is 10.3. The molecule has 0 saturated heterocycles. The van der Waals surface area contributed by atoms with Crippen molar-refractivity contribution in [1.29, 1.82) is 0 Å². The van der Waals surface area contributed by atoms with E-state index in [1.807, 2.05) is 12.1 Å². The number of rotatable bonds is 1. The van der Waals surface area contributed by atoms with Crippen LogP contribution in [0.3, 0.4) is 0 Å². The first kappa shape index (κ1) is 12.8. The Bertz CT molecular complexity index is 394. The molecular formula is C10H10Cl3NOS. The Labute approximate surface area is 112 Å². The maximum absolute atomic E-state index is 12.0. The molecular weight excluding hydrogens is 289 g/mol. The van der Waals surface area contributed by atoms with E-state index in [0.717, 1.165) is 18.5 Å². The smallest absolute Gasteiger partial charge is 0.355 e. The van der Waals surface area contributed by atoms with Crippen LogP contribution in [0.15, 0.2) is 23.1 Å². The van der Waals surface area contributed by atoms with Crippen molar-refractivity contribution in [2.45, 2.75) is 21.0 Å². The molecule has 1 unspecified atom stereocenters. The van der Waals surface area contributed by atoms with Gasteiger partial charge in [0.05, 0.1) is 0 Å². The fraction of sp³-hybridized carbons (Fsp3) is 0.400. The summed E-state index contributed by atoms with van der Waals surface area (Å²) in [7, 11) is 0. The number of nitrogens with one attached hydrogen (secondary N) is 1. The Morgan fingerprint density at radius 1 is 1.31 bits per heavy atom. The maximum Gasteiger partial charge on any atom is 0.355 e. The molecule has 6 heteroatoms. The minimum atomic E-state index is -1.77. The Hall–Kier alpha value is 0.360. The Balaban J connectivity index is 2.41. The summed E-state index contributed by atoms with van der Waals surface area (Å²) in [6, 6.07) is 5.63. The first-order valence-electron chi connectivity index (χ1n) is 4.80. The van der Waals surface area contributed by atoms with Gasteiger partial charge in [0.25, 0.3) is 0 Å². The third kappa shape index (κ3) is 2.61. The van der Waals surface area contributed by atoms with Gasteiger partial charge in [-0.05, 0) is 59.4 Å². The van der Waals surface area contributed by atoms with Crippen LogP contribution in [-0.4, -0.2) is 14.2 Å². The van der Waals surface area contributed by atoms with Gasteiger partial charge in [0, 0.05) is 23.3 Å². The fourth-order valence-electron chi connectivity index (χ4n) is 1.78. The Morgan fingerprint density at radius 2 is 2.06 bits per heavy atom. The van der Waals surface area contributed by atoms with E-state index in [-0.39, 0.29) is 0 Å². The zero-order valence-electron chi connectivity index (χ0n) is 8.30. The van der Waals surface area contributed by atoms with Gasteiger partial charge in [0.2, 0.25) is 0 Å². The van der Waals surface area contributed by atoms with Gasteiger partial charge in [0.1, 0.15) is 0 Å². The van der Waals surface area contributed by atoms with Gasteiger partial charge >= 0.3 is 3.12 Å². The van der Waals surface area contributed by atoms with Crippen LogP contribution in [0.25, 0.3) is 0 Å². The quantitative estimate of drug-likeness (QED) is 0.639. The van der Waals surface area contributed by atoms with E-state index in [1.54, 1.807) is 6.07 Å². The van der Waals surface area contributed by atoms with E-state index >= 15 is 0 Å². The predicted molar refractivity (Wildman–Crippen MR) is 68.6 cm³/mol. The highest BCUT2D eigenvalue weighted by atomic mass is 35.6. The third-order valence-electron chi connectivity index (χ3n) is 2.51. The topological polar surface area (TPSA) is 35.1 Å². The van der Waals surface area contributed by atoms with Gasteiger partial charge in [-0.25, -0.2) is 0 Å². The highest BCUT2D eigenvalue weighted by molar-refractivity contribution is 7.97. The summed E-state index contributed by atoms with van der Waals surface area (Å²) in [6.07, 6.45) is 0.917. The average Bonchev–Trinajstić information content (AvgIpc) is 2.26. The van der Waals surface area contributed by atoms with E-state index < -0.39 is 14.3 Å². The van der Waals surface area contributed by atoms with Crippen LogP contribution in [0.5, 0.6) is 0 Å². The number of hydrogen-bond acceptors (Lipinski definition) is 2. The molecule has 1 atom stereocenters. The van der Waals surface area contributed by atoms with Crippen molar-refractivity contribution >= 4 is 46.0 Å². The zero-order valence-corrected chi connectivity index (χ0v) is 11.4. The molecule has 1 aromatic rings. The van der Waals surface area contributed by atoms with Crippen LogP contribution < -0.4 is 5.32 Å². The third-order valence-corrected chi connectivity index (χ3v) is 4.98. The van der Waals surface area contributed by atoms with Crippen molar-refractivity contribution in [2.24, 2.45) is 0 Å². The molecule has 2 rings (SSSR count). The van der Waals surface area contributed by atoms with E-state index in [0.29, 0.717) is 11.4 Å². The molecule has 1 aliphatic rings. The van der Waals surface area contributed by atoms with Gasteiger partial charge in [0.15, 0.2) is 4.90 Å². The van der Waals surface area contributed by atoms with Crippen LogP contribution in [0, 0.1) is 0 Å². The molecule has 1 aliphatic heterocycles. The number of alkyl halides is 3. The van der Waals surface area contributed by atoms with Crippen molar-refractivity contribution in [3.05, 3.63) is 29.3 Å². The fourth-order valence-corrected chi connectivity index (χ4v) is 3.41. The Kier molecular flexibility index (Phi) is 3.94. The second-order valence-electron chi connectivity index (χ2n) is 3.54. The van der Waals surface area contributed by atoms with Crippen LogP contribution in [0.1, 0.15) is 11.1 Å². The van der Waals surface area contributed by atoms with Crippen molar-refractivity contribution in [3.8, 4) is 0 Å². The van der Waals surface area contributed by atoms with Gasteiger partial charge in [-0.3, -0.25) is 0 Å². The molecule has 0 aliphatic carbocycles. The number of benzene rings is 1. The largest absolute Gasteiger partial charge is 0.608 e. The molecule has 88 valence electrons. The van der Waals surface area contributed by atoms with Crippen LogP contribution in [-0.2, 0) is 24.1 Å². The lowest BCUT2D eigenvalue weighted by molar-refractivity contribution is 0.587. The van der Waals surface area contributed by atoms with Gasteiger partial charge in [-0.2, -0.15) is 0 Å². The van der Waals surface area contributed by atoms with Crippen LogP contribution in [0.4, 0.5) is 0 Å². The molecule has 16 heavy (non-hydrogen) atoms. The number of fused-ring (bicyclic) bond motifs is 1. The lowest BCUT2D eigenvalue weighted by Crippen LogP contribution is -2.28. The number of halogens is 3. The van der Waals surface area contributed by atoms with Crippen LogP contribution in [0.2, 0.25) is 0 Å². The highest BCUT2D eigenvalue weighted by Crippen LogP contribution is 2.39. The van der Waals surface area contributed by atoms with Crippen molar-refractivity contribution in [3.63, 3.8) is 0 Å². The standard InChI is InChI=1S/C10H10Cl3NOS/c11-10(12,13)16(15)9-3-1-2-7-4-5-14-6-8(7)9/h1-3,14H,4-6H2. The lowest BCUT2D eigenvalue weighted by atomic mass is 10.0. The van der Waals surface area contributed by atoms with E-state index in [9.17, 15) is 4.55 Å². The van der Waals surface area contributed by atoms with E-state index in [2.05, 4.69) is 5.32 Å². The molecule has 1 N–H and O–H groups in total. The molecule has 1 heterocycles. The van der Waals surface area contributed by atoms with E-state index in [1.165, 1.54) is 5.56 Å². The van der Waals surface area contributed by atoms with Gasteiger partial charge < -0.3 is 9.87 Å². The molecule has 1 aromatic carbocycles. The highest BCUT2D eigenvalue weighted by Gasteiger charge is 2.39. The zero-order chi connectivity index (χ0) is 11.8. The lowest BCUT2D eigenvalue weighted by Gasteiger charge is -2.23. The minimum absolute atomic E-state index is 0.615. The summed E-state index contributed by atoms with van der Waals surface area (Å²) in [5.74, 6) is 0. The molecule has 0 radical (unpaired) electrons. The molecule has 0 spiro atoms. The summed E-state index contributed by atoms with van der Waals surface area (Å²) in [5.41, 5.74) is 2.18. The van der Waals surface area contributed by atoms with Crippen LogP contribution >= 0.6 is 34.8 Å². The minimum Gasteiger partial charge on any atom is -0.608 e. The van der Waals surface area contributed by atoms with Crippen molar-refractivity contribution < 1.29 is 4.55 Å². The molecule has 0 fully saturated rings. The maximum atomic E-state index is 12.0. The monoisotopic (exact) mass is 297 g/mol.